The molecule has 0 aliphatic carbocycles. The molecule has 1 heterocycles. The highest BCUT2D eigenvalue weighted by Gasteiger charge is 2.45. The molecule has 11 atom stereocenters. The Bertz CT molecular complexity index is 2030. The van der Waals surface area contributed by atoms with Crippen LogP contribution in [0.2, 0.25) is 0 Å². The van der Waals surface area contributed by atoms with Gasteiger partial charge in [-0.1, -0.05) is 64.6 Å². The fraction of sp³-hybridized carbons (Fsp3) is 0.609. The van der Waals surface area contributed by atoms with Crippen LogP contribution < -0.4 is 26.6 Å². The molecule has 1 aromatic rings. The third kappa shape index (κ3) is 15.3. The maximum atomic E-state index is 14.9. The number of carbonyl (C=O) groups excluding carboxylic acids is 10. The van der Waals surface area contributed by atoms with Crippen molar-refractivity contribution in [2.24, 2.45) is 11.8 Å². The Hall–Kier alpha value is -6.42. The summed E-state index contributed by atoms with van der Waals surface area (Å²) in [4.78, 5) is 141. The van der Waals surface area contributed by atoms with Crippen molar-refractivity contribution in [3.8, 4) is 0 Å². The van der Waals surface area contributed by atoms with E-state index in [-0.39, 0.29) is 6.42 Å². The predicted molar refractivity (Wildman–Crippen MR) is 245 cm³/mol. The first-order valence-electron chi connectivity index (χ1n) is 22.2. The van der Waals surface area contributed by atoms with Crippen LogP contribution in [0.3, 0.4) is 0 Å². The normalized spacial score (nSPS) is 25.2. The summed E-state index contributed by atoms with van der Waals surface area (Å²) >= 11 is 0. The fourth-order valence-corrected chi connectivity index (χ4v) is 7.17. The summed E-state index contributed by atoms with van der Waals surface area (Å²) in [6.07, 6.45) is -5.82. The zero-order valence-corrected chi connectivity index (χ0v) is 41.4. The van der Waals surface area contributed by atoms with Crippen molar-refractivity contribution in [2.75, 3.05) is 28.3 Å². The third-order valence-corrected chi connectivity index (χ3v) is 11.6. The number of carbonyl (C=O) groups is 10. The zero-order chi connectivity index (χ0) is 52.1. The van der Waals surface area contributed by atoms with Gasteiger partial charge in [-0.15, -0.1) is 0 Å². The second-order valence-corrected chi connectivity index (χ2v) is 17.6. The summed E-state index contributed by atoms with van der Waals surface area (Å²) in [7, 11) is 4.90. The molecule has 8 amide bonds. The van der Waals surface area contributed by atoms with Crippen molar-refractivity contribution >= 4 is 59.2 Å². The molecule has 1 aliphatic rings. The molecule has 1 aromatic carbocycles. The first kappa shape index (κ1) is 57.7. The number of ether oxygens (including phenoxy) is 3. The van der Waals surface area contributed by atoms with Crippen molar-refractivity contribution in [3.63, 3.8) is 0 Å². The van der Waals surface area contributed by atoms with Crippen LogP contribution in [0.15, 0.2) is 42.6 Å². The molecule has 1 aliphatic heterocycles. The van der Waals surface area contributed by atoms with E-state index < -0.39 is 143 Å². The van der Waals surface area contributed by atoms with E-state index in [0.717, 1.165) is 28.5 Å². The van der Waals surface area contributed by atoms with Crippen LogP contribution in [0.1, 0.15) is 74.8 Å². The number of aliphatic hydroxyl groups excluding tert-OH is 1. The molecule has 1 saturated heterocycles. The van der Waals surface area contributed by atoms with E-state index in [1.165, 1.54) is 55.9 Å². The summed E-state index contributed by atoms with van der Waals surface area (Å²) < 4.78 is 17.2. The highest BCUT2D eigenvalue weighted by molar-refractivity contribution is 6.02. The number of hydrogen-bond donors (Lipinski definition) is 6. The summed E-state index contributed by atoms with van der Waals surface area (Å²) in [6.45, 7) is 17.6. The van der Waals surface area contributed by atoms with Gasteiger partial charge in [0.25, 0.3) is 5.91 Å². The highest BCUT2D eigenvalue weighted by atomic mass is 16.6. The fourth-order valence-electron chi connectivity index (χ4n) is 7.17. The quantitative estimate of drug-likeness (QED) is 0.107. The van der Waals surface area contributed by atoms with E-state index >= 15 is 0 Å². The molecule has 0 unspecified atom stereocenters. The molecule has 22 heteroatoms. The van der Waals surface area contributed by atoms with Gasteiger partial charge in [0.2, 0.25) is 41.4 Å². The van der Waals surface area contributed by atoms with Gasteiger partial charge in [-0.05, 0) is 45.1 Å². The zero-order valence-electron chi connectivity index (χ0n) is 41.4. The Kier molecular flexibility index (Phi) is 21.8. The molecular formula is C46H70N8O14. The summed E-state index contributed by atoms with van der Waals surface area (Å²) in [5.41, 5.74) is 0.155. The Labute approximate surface area is 397 Å². The molecule has 0 saturated carbocycles. The average molecular weight is 959 g/mol. The summed E-state index contributed by atoms with van der Waals surface area (Å²) in [5.74, 6) is -10.7. The number of methoxy groups -OCH3 is 1. The van der Waals surface area contributed by atoms with Gasteiger partial charge in [0.15, 0.2) is 12.1 Å². The molecular weight excluding hydrogens is 889 g/mol. The number of esters is 2. The lowest BCUT2D eigenvalue weighted by atomic mass is 9.95. The maximum Gasteiger partial charge on any atom is 0.331 e. The minimum absolute atomic E-state index is 0.119. The number of nitrogens with one attached hydrogen (secondary N) is 5. The Morgan fingerprint density at radius 2 is 1.40 bits per heavy atom. The van der Waals surface area contributed by atoms with Crippen LogP contribution in [0.25, 0.3) is 0 Å². The van der Waals surface area contributed by atoms with Crippen molar-refractivity contribution in [3.05, 3.63) is 48.2 Å². The monoisotopic (exact) mass is 959 g/mol. The van der Waals surface area contributed by atoms with Crippen LogP contribution in [-0.4, -0.2) is 174 Å². The van der Waals surface area contributed by atoms with Gasteiger partial charge in [-0.25, -0.2) is 9.59 Å². The first-order valence-corrected chi connectivity index (χ1v) is 22.2. The van der Waals surface area contributed by atoms with Crippen molar-refractivity contribution in [1.29, 1.82) is 0 Å². The van der Waals surface area contributed by atoms with Crippen molar-refractivity contribution in [1.82, 2.24) is 41.3 Å². The van der Waals surface area contributed by atoms with Crippen LogP contribution in [0.4, 0.5) is 0 Å². The van der Waals surface area contributed by atoms with E-state index in [9.17, 15) is 53.1 Å². The molecule has 1 fully saturated rings. The lowest BCUT2D eigenvalue weighted by molar-refractivity contribution is -0.171. The van der Waals surface area contributed by atoms with Gasteiger partial charge in [-0.2, -0.15) is 0 Å². The van der Waals surface area contributed by atoms with Crippen molar-refractivity contribution < 1.29 is 67.3 Å². The summed E-state index contributed by atoms with van der Waals surface area (Å²) in [5, 5.41) is 23.4. The largest absolute Gasteiger partial charge is 0.458 e. The molecule has 0 spiro atoms. The number of hydrogen-bond acceptors (Lipinski definition) is 14. The van der Waals surface area contributed by atoms with Crippen LogP contribution >= 0.6 is 0 Å². The van der Waals surface area contributed by atoms with Crippen molar-refractivity contribution in [2.45, 2.75) is 142 Å². The van der Waals surface area contributed by atoms with Gasteiger partial charge in [0.1, 0.15) is 48.1 Å². The molecule has 0 aromatic heterocycles. The molecule has 6 N–H and O–H groups in total. The molecule has 0 bridgehead atoms. The Balaban J connectivity index is 2.89. The van der Waals surface area contributed by atoms with E-state index in [1.54, 1.807) is 58.0 Å². The van der Waals surface area contributed by atoms with Crippen LogP contribution in [0.5, 0.6) is 0 Å². The molecule has 22 nitrogen and oxygen atoms in total. The van der Waals surface area contributed by atoms with Gasteiger partial charge < -0.3 is 60.6 Å². The number of nitrogens with zero attached hydrogens (tertiary/aromatic N) is 3. The Morgan fingerprint density at radius 1 is 0.809 bits per heavy atom. The predicted octanol–water partition coefficient (Wildman–Crippen LogP) is -1.08. The molecule has 378 valence electrons. The number of amides is 8. The topological polar surface area (TPSA) is 288 Å². The van der Waals surface area contributed by atoms with Gasteiger partial charge in [-0.3, -0.25) is 38.4 Å². The molecule has 2 rings (SSSR count). The van der Waals surface area contributed by atoms with E-state index in [2.05, 4.69) is 33.2 Å². The van der Waals surface area contributed by atoms with E-state index in [4.69, 9.17) is 14.2 Å². The van der Waals surface area contributed by atoms with Gasteiger partial charge >= 0.3 is 11.9 Å². The molecule has 0 radical (unpaired) electrons. The number of rotatable bonds is 12. The maximum absolute atomic E-state index is 14.9. The lowest BCUT2D eigenvalue weighted by Gasteiger charge is -2.38. The highest BCUT2D eigenvalue weighted by Crippen LogP contribution is 2.21. The summed E-state index contributed by atoms with van der Waals surface area (Å²) in [6, 6.07) is -2.40. The standard InChI is InChI=1S/C46H70N8O14/c1-22(2)37(57)34(49-30(11)56)45(64)68-38(23(3)4)35-44(63)54(14)36(28(9)66-15)46(65)67-27(8)33(48-29(10)55)41(60)50-32(21-31-19-17-16-18-20-31)43(62)53(13)25(6)39(58)47-24(5)42(61)52(12)26(7)40(59)51-35/h16-20,22-24,26-28,32-38,57H,6,21H2,1-5,7-15H3,(H,47,58)(H,48,55)(H,49,56)(H,50,60)(H,51,59)/t24-,26-,27+,28+,32+,33-,34-,35-,36-,37+,38+/m0/s1. The molecule has 68 heavy (non-hydrogen) atoms. The number of aliphatic hydroxyl groups is 1. The van der Waals surface area contributed by atoms with Gasteiger partial charge in [0.05, 0.1) is 12.2 Å². The number of cyclic esters (lactones) is 1. The van der Waals surface area contributed by atoms with Crippen LogP contribution in [-0.2, 0) is 68.6 Å². The average Bonchev–Trinajstić information content (AvgIpc) is 3.27. The number of likely N-dealkylation sites (N-methyl/N-ethyl adjacent to an activating group) is 3. The second-order valence-electron chi connectivity index (χ2n) is 17.6. The third-order valence-electron chi connectivity index (χ3n) is 11.6. The van der Waals surface area contributed by atoms with E-state index in [1.807, 2.05) is 0 Å². The van der Waals surface area contributed by atoms with Crippen LogP contribution in [0, 0.1) is 11.8 Å². The Morgan fingerprint density at radius 3 is 1.91 bits per heavy atom. The second kappa shape index (κ2) is 25.6. The van der Waals surface area contributed by atoms with Gasteiger partial charge in [0, 0.05) is 48.5 Å². The minimum atomic E-state index is -1.85. The van der Waals surface area contributed by atoms with E-state index in [0.29, 0.717) is 5.56 Å². The first-order chi connectivity index (χ1) is 31.6. The smallest absolute Gasteiger partial charge is 0.331 e. The lowest BCUT2D eigenvalue weighted by Crippen LogP contribution is -2.64. The SMILES string of the molecule is C=C1C(=O)N[C@@H](C)C(=O)N(C)[C@@H](C)C(=O)N[C@@H]([C@H](OC(=O)[C@@H](NC(C)=O)[C@H](O)C(C)C)C(C)C)C(=O)N(C)[C@@H]([C@@H](C)OC)C(=O)O[C@H](C)[C@H](NC(C)=O)C(=O)N[C@H](Cc2ccccc2)C(=O)N1C. The number of benzene rings is 1. The minimum Gasteiger partial charge on any atom is -0.458 e.